The molecule has 8 aromatic carbocycles. The van der Waals surface area contributed by atoms with Crippen LogP contribution >= 0.6 is 0 Å². The van der Waals surface area contributed by atoms with E-state index in [1.54, 1.807) is 0 Å². The van der Waals surface area contributed by atoms with Gasteiger partial charge in [0.15, 0.2) is 0 Å². The summed E-state index contributed by atoms with van der Waals surface area (Å²) >= 11 is 0. The van der Waals surface area contributed by atoms with Crippen LogP contribution in [0, 0.1) is 0 Å². The maximum Gasteiger partial charge on any atom is 0.143 e. The molecule has 3 aromatic heterocycles. The van der Waals surface area contributed by atoms with E-state index in [2.05, 4.69) is 179 Å². The van der Waals surface area contributed by atoms with Crippen molar-refractivity contribution in [2.45, 2.75) is 0 Å². The quantitative estimate of drug-likeness (QED) is 0.186. The molecule has 0 fully saturated rings. The molecule has 3 nitrogen and oxygen atoms in total. The Morgan fingerprint density at radius 2 is 0.980 bits per heavy atom. The molecule has 11 aromatic rings. The molecule has 51 heavy (non-hydrogen) atoms. The van der Waals surface area contributed by atoms with Crippen LogP contribution in [0.2, 0.25) is 0 Å². The third-order valence-electron chi connectivity index (χ3n) is 10.5. The predicted molar refractivity (Wildman–Crippen MR) is 213 cm³/mol. The van der Waals surface area contributed by atoms with E-state index in [-0.39, 0.29) is 0 Å². The summed E-state index contributed by atoms with van der Waals surface area (Å²) in [7, 11) is 0. The third-order valence-corrected chi connectivity index (χ3v) is 10.5. The zero-order chi connectivity index (χ0) is 33.5. The number of fused-ring (bicyclic) bond motifs is 10. The molecule has 3 heterocycles. The summed E-state index contributed by atoms with van der Waals surface area (Å²) < 4.78 is 11.3. The molecule has 0 unspecified atom stereocenters. The molecular formula is C48H30N2O. The highest BCUT2D eigenvalue weighted by atomic mass is 16.3. The van der Waals surface area contributed by atoms with E-state index in [1.165, 1.54) is 60.4 Å². The van der Waals surface area contributed by atoms with Crippen LogP contribution in [0.3, 0.4) is 0 Å². The van der Waals surface area contributed by atoms with Gasteiger partial charge >= 0.3 is 0 Å². The lowest BCUT2D eigenvalue weighted by Crippen LogP contribution is -1.98. The summed E-state index contributed by atoms with van der Waals surface area (Å²) in [5.74, 6) is 0. The molecule has 0 saturated heterocycles. The molecule has 0 spiro atoms. The van der Waals surface area contributed by atoms with Crippen LogP contribution in [0.4, 0.5) is 0 Å². The first-order chi connectivity index (χ1) is 25.3. The summed E-state index contributed by atoms with van der Waals surface area (Å²) in [5.41, 5.74) is 13.5. The first-order valence-electron chi connectivity index (χ1n) is 17.4. The molecule has 0 radical (unpaired) electrons. The topological polar surface area (TPSA) is 23.0 Å². The van der Waals surface area contributed by atoms with Crippen molar-refractivity contribution in [2.75, 3.05) is 0 Å². The zero-order valence-corrected chi connectivity index (χ0v) is 27.6. The number of para-hydroxylation sites is 5. The van der Waals surface area contributed by atoms with Crippen molar-refractivity contribution < 1.29 is 4.42 Å². The highest BCUT2D eigenvalue weighted by Crippen LogP contribution is 2.44. The van der Waals surface area contributed by atoms with E-state index >= 15 is 0 Å². The van der Waals surface area contributed by atoms with Crippen LogP contribution in [-0.2, 0) is 0 Å². The van der Waals surface area contributed by atoms with Gasteiger partial charge in [-0.1, -0.05) is 140 Å². The first kappa shape index (κ1) is 28.0. The Kier molecular flexibility index (Phi) is 5.96. The maximum absolute atomic E-state index is 6.40. The van der Waals surface area contributed by atoms with Gasteiger partial charge in [0, 0.05) is 49.1 Å². The number of nitrogens with zero attached hydrogens (tertiary/aromatic N) is 2. The van der Waals surface area contributed by atoms with Crippen molar-refractivity contribution in [3.05, 3.63) is 182 Å². The highest BCUT2D eigenvalue weighted by Gasteiger charge is 2.22. The van der Waals surface area contributed by atoms with E-state index in [0.29, 0.717) is 0 Å². The molecule has 0 amide bonds. The second kappa shape index (κ2) is 10.8. The van der Waals surface area contributed by atoms with Crippen LogP contribution < -0.4 is 0 Å². The fraction of sp³-hybridized carbons (Fsp3) is 0. The summed E-state index contributed by atoms with van der Waals surface area (Å²) in [6, 6.07) is 65.4. The fourth-order valence-corrected chi connectivity index (χ4v) is 8.33. The van der Waals surface area contributed by atoms with Crippen LogP contribution in [0.1, 0.15) is 0 Å². The largest absolute Gasteiger partial charge is 0.455 e. The molecule has 0 saturated carbocycles. The van der Waals surface area contributed by atoms with Crippen LogP contribution in [0.15, 0.2) is 186 Å². The van der Waals surface area contributed by atoms with Gasteiger partial charge in [-0.15, -0.1) is 0 Å². The number of hydrogen-bond donors (Lipinski definition) is 0. The van der Waals surface area contributed by atoms with Gasteiger partial charge in [-0.05, 0) is 53.6 Å². The molecule has 11 rings (SSSR count). The SMILES string of the molecule is c1ccc(-c2ccccc2-n2c3ccccc3c3ccc4c(c5ccccc5n4-c4ccc(-c5cccc6c5oc5ccccc56)cc4)c32)cc1. The summed E-state index contributed by atoms with van der Waals surface area (Å²) in [5, 5.41) is 7.26. The lowest BCUT2D eigenvalue weighted by molar-refractivity contribution is 0.670. The summed E-state index contributed by atoms with van der Waals surface area (Å²) in [6.45, 7) is 0. The van der Waals surface area contributed by atoms with E-state index < -0.39 is 0 Å². The Morgan fingerprint density at radius 1 is 0.353 bits per heavy atom. The van der Waals surface area contributed by atoms with Crippen molar-refractivity contribution in [2.24, 2.45) is 0 Å². The molecular weight excluding hydrogens is 621 g/mol. The maximum atomic E-state index is 6.40. The van der Waals surface area contributed by atoms with Gasteiger partial charge in [0.25, 0.3) is 0 Å². The average molecular weight is 651 g/mol. The number of benzene rings is 8. The number of aromatic nitrogens is 2. The van der Waals surface area contributed by atoms with Gasteiger partial charge in [-0.2, -0.15) is 0 Å². The van der Waals surface area contributed by atoms with Crippen LogP contribution in [0.25, 0.3) is 99.2 Å². The molecule has 238 valence electrons. The first-order valence-corrected chi connectivity index (χ1v) is 17.4. The second-order valence-corrected chi connectivity index (χ2v) is 13.3. The lowest BCUT2D eigenvalue weighted by atomic mass is 10.0. The van der Waals surface area contributed by atoms with Crippen molar-refractivity contribution in [3.63, 3.8) is 0 Å². The molecule has 0 atom stereocenters. The van der Waals surface area contributed by atoms with Crippen LogP contribution in [0.5, 0.6) is 0 Å². The van der Waals surface area contributed by atoms with Gasteiger partial charge in [-0.25, -0.2) is 0 Å². The molecule has 0 aliphatic heterocycles. The Bertz CT molecular complexity index is 3120. The van der Waals surface area contributed by atoms with Crippen molar-refractivity contribution in [3.8, 4) is 33.6 Å². The molecule has 0 N–H and O–H groups in total. The number of hydrogen-bond acceptors (Lipinski definition) is 1. The minimum atomic E-state index is 0.914. The Morgan fingerprint density at radius 3 is 1.82 bits per heavy atom. The van der Waals surface area contributed by atoms with E-state index in [9.17, 15) is 0 Å². The van der Waals surface area contributed by atoms with Gasteiger partial charge in [0.2, 0.25) is 0 Å². The van der Waals surface area contributed by atoms with Crippen LogP contribution in [-0.4, -0.2) is 9.13 Å². The van der Waals surface area contributed by atoms with Gasteiger partial charge < -0.3 is 13.6 Å². The van der Waals surface area contributed by atoms with Gasteiger partial charge in [-0.3, -0.25) is 0 Å². The minimum absolute atomic E-state index is 0.914. The smallest absolute Gasteiger partial charge is 0.143 e. The summed E-state index contributed by atoms with van der Waals surface area (Å²) in [6.07, 6.45) is 0. The van der Waals surface area contributed by atoms with Gasteiger partial charge in [0.05, 0.1) is 27.8 Å². The second-order valence-electron chi connectivity index (χ2n) is 13.3. The van der Waals surface area contributed by atoms with E-state index in [0.717, 1.165) is 38.8 Å². The highest BCUT2D eigenvalue weighted by molar-refractivity contribution is 6.26. The minimum Gasteiger partial charge on any atom is -0.455 e. The normalized spacial score (nSPS) is 11.9. The van der Waals surface area contributed by atoms with Crippen molar-refractivity contribution in [1.82, 2.24) is 9.13 Å². The fourth-order valence-electron chi connectivity index (χ4n) is 8.33. The van der Waals surface area contributed by atoms with E-state index in [4.69, 9.17) is 4.42 Å². The Hall–Kier alpha value is -6.84. The van der Waals surface area contributed by atoms with Crippen molar-refractivity contribution >= 4 is 65.6 Å². The van der Waals surface area contributed by atoms with E-state index in [1.807, 2.05) is 12.1 Å². The lowest BCUT2D eigenvalue weighted by Gasteiger charge is -2.15. The molecule has 0 aliphatic carbocycles. The standard InChI is InChI=1S/C48H30N2O/c1-2-13-31(14-3-1)34-15-4-8-21-41(34)50-42-22-9-5-16-36(42)38-29-30-44-46(47(38)50)40-18-6-10-23-43(40)49(44)33-27-25-32(26-28-33)35-19-12-20-39-37-17-7-11-24-45(37)51-48(35)39/h1-30H. The summed E-state index contributed by atoms with van der Waals surface area (Å²) in [4.78, 5) is 0. The van der Waals surface area contributed by atoms with Gasteiger partial charge in [0.1, 0.15) is 11.2 Å². The monoisotopic (exact) mass is 650 g/mol. The third kappa shape index (κ3) is 4.06. The predicted octanol–water partition coefficient (Wildman–Crippen LogP) is 13.1. The Labute approximate surface area is 293 Å². The van der Waals surface area contributed by atoms with Crippen molar-refractivity contribution in [1.29, 1.82) is 0 Å². The number of rotatable bonds is 4. The molecule has 0 aliphatic rings. The molecule has 0 bridgehead atoms. The number of furan rings is 1. The zero-order valence-electron chi connectivity index (χ0n) is 27.6. The molecule has 3 heteroatoms. The Balaban J connectivity index is 1.17. The average Bonchev–Trinajstić information content (AvgIpc) is 3.86.